The van der Waals surface area contributed by atoms with Crippen LogP contribution < -0.4 is 10.5 Å². The van der Waals surface area contributed by atoms with E-state index in [-0.39, 0.29) is 6.04 Å². The smallest absolute Gasteiger partial charge is 0.124 e. The molecule has 2 N–H and O–H groups in total. The van der Waals surface area contributed by atoms with Crippen LogP contribution in [0.15, 0.2) is 48.7 Å². The van der Waals surface area contributed by atoms with Crippen molar-refractivity contribution in [3.63, 3.8) is 0 Å². The predicted octanol–water partition coefficient (Wildman–Crippen LogP) is 3.11. The number of hydrogen-bond acceptors (Lipinski definition) is 3. The number of rotatable bonds is 6. The number of benzene rings is 1. The Kier molecular flexibility index (Phi) is 4.93. The summed E-state index contributed by atoms with van der Waals surface area (Å²) in [6.45, 7) is 2.81. The van der Waals surface area contributed by atoms with E-state index in [2.05, 4.69) is 11.9 Å². The fourth-order valence-electron chi connectivity index (χ4n) is 1.98. The van der Waals surface area contributed by atoms with Crippen LogP contribution in [0.2, 0.25) is 0 Å². The molecule has 2 rings (SSSR count). The van der Waals surface area contributed by atoms with Crippen LogP contribution in [0.5, 0.6) is 5.75 Å². The van der Waals surface area contributed by atoms with Gasteiger partial charge >= 0.3 is 0 Å². The quantitative estimate of drug-likeness (QED) is 0.864. The van der Waals surface area contributed by atoms with E-state index in [1.54, 1.807) is 6.20 Å². The fourth-order valence-corrected chi connectivity index (χ4v) is 1.98. The molecule has 0 radical (unpaired) electrons. The Hall–Kier alpha value is -1.87. The first kappa shape index (κ1) is 13.6. The average Bonchev–Trinajstić information content (AvgIpc) is 2.46. The molecule has 1 aromatic carbocycles. The molecule has 0 fully saturated rings. The lowest BCUT2D eigenvalue weighted by molar-refractivity contribution is 0.312. The maximum atomic E-state index is 6.28. The first-order chi connectivity index (χ1) is 9.31. The van der Waals surface area contributed by atoms with E-state index in [1.807, 2.05) is 42.5 Å². The van der Waals surface area contributed by atoms with Gasteiger partial charge in [0, 0.05) is 29.9 Å². The van der Waals surface area contributed by atoms with Crippen LogP contribution in [0.4, 0.5) is 0 Å². The van der Waals surface area contributed by atoms with Gasteiger partial charge in [0.2, 0.25) is 0 Å². The van der Waals surface area contributed by atoms with Gasteiger partial charge in [-0.2, -0.15) is 0 Å². The standard InChI is InChI=1S/C16H20N2O/c1-2-11-19-16-9-4-3-8-14(16)15(17)12-13-7-5-6-10-18-13/h3-10,15H,2,11-12,17H2,1H3. The van der Waals surface area contributed by atoms with Crippen molar-refractivity contribution >= 4 is 0 Å². The molecular weight excluding hydrogens is 236 g/mol. The molecule has 0 aliphatic rings. The Morgan fingerprint density at radius 1 is 1.16 bits per heavy atom. The lowest BCUT2D eigenvalue weighted by Crippen LogP contribution is -2.15. The van der Waals surface area contributed by atoms with Gasteiger partial charge in [-0.25, -0.2) is 0 Å². The van der Waals surface area contributed by atoms with Gasteiger partial charge in [-0.3, -0.25) is 4.98 Å². The molecular formula is C16H20N2O. The molecule has 3 nitrogen and oxygen atoms in total. The van der Waals surface area contributed by atoms with Crippen molar-refractivity contribution in [2.24, 2.45) is 5.73 Å². The van der Waals surface area contributed by atoms with Gasteiger partial charge in [-0.1, -0.05) is 31.2 Å². The number of para-hydroxylation sites is 1. The summed E-state index contributed by atoms with van der Waals surface area (Å²) in [6, 6.07) is 13.8. The molecule has 0 aliphatic heterocycles. The van der Waals surface area contributed by atoms with Crippen LogP contribution in [-0.2, 0) is 6.42 Å². The molecule has 0 bridgehead atoms. The summed E-state index contributed by atoms with van der Waals surface area (Å²) in [5.74, 6) is 0.882. The molecule has 0 amide bonds. The van der Waals surface area contributed by atoms with E-state index < -0.39 is 0 Å². The van der Waals surface area contributed by atoms with E-state index >= 15 is 0 Å². The van der Waals surface area contributed by atoms with Crippen LogP contribution in [0, 0.1) is 0 Å². The summed E-state index contributed by atoms with van der Waals surface area (Å²) < 4.78 is 5.74. The third-order valence-corrected chi connectivity index (χ3v) is 2.94. The van der Waals surface area contributed by atoms with Crippen molar-refractivity contribution < 1.29 is 4.74 Å². The molecule has 19 heavy (non-hydrogen) atoms. The number of aromatic nitrogens is 1. The molecule has 0 saturated heterocycles. The molecule has 100 valence electrons. The van der Waals surface area contributed by atoms with Crippen molar-refractivity contribution in [2.75, 3.05) is 6.61 Å². The van der Waals surface area contributed by atoms with Crippen molar-refractivity contribution in [3.05, 3.63) is 59.9 Å². The largest absolute Gasteiger partial charge is 0.493 e. The van der Waals surface area contributed by atoms with Crippen molar-refractivity contribution in [1.82, 2.24) is 4.98 Å². The van der Waals surface area contributed by atoms with Crippen LogP contribution in [0.3, 0.4) is 0 Å². The van der Waals surface area contributed by atoms with E-state index in [1.165, 1.54) is 0 Å². The number of nitrogens with zero attached hydrogens (tertiary/aromatic N) is 1. The Bertz CT molecular complexity index is 499. The number of pyridine rings is 1. The van der Waals surface area contributed by atoms with E-state index in [0.29, 0.717) is 13.0 Å². The number of ether oxygens (including phenoxy) is 1. The molecule has 0 aliphatic carbocycles. The molecule has 2 aromatic rings. The molecule has 1 heterocycles. The lowest BCUT2D eigenvalue weighted by Gasteiger charge is -2.16. The summed E-state index contributed by atoms with van der Waals surface area (Å²) in [4.78, 5) is 4.32. The third-order valence-electron chi connectivity index (χ3n) is 2.94. The number of hydrogen-bond donors (Lipinski definition) is 1. The second-order valence-corrected chi connectivity index (χ2v) is 4.52. The van der Waals surface area contributed by atoms with Gasteiger partial charge in [0.15, 0.2) is 0 Å². The van der Waals surface area contributed by atoms with Gasteiger partial charge in [-0.15, -0.1) is 0 Å². The monoisotopic (exact) mass is 256 g/mol. The van der Waals surface area contributed by atoms with Gasteiger partial charge in [0.05, 0.1) is 6.61 Å². The topological polar surface area (TPSA) is 48.1 Å². The van der Waals surface area contributed by atoms with Crippen LogP contribution in [0.25, 0.3) is 0 Å². The SMILES string of the molecule is CCCOc1ccccc1C(N)Cc1ccccn1. The third kappa shape index (κ3) is 3.80. The molecule has 1 aromatic heterocycles. The van der Waals surface area contributed by atoms with Gasteiger partial charge < -0.3 is 10.5 Å². The predicted molar refractivity (Wildman–Crippen MR) is 77.1 cm³/mol. The zero-order valence-electron chi connectivity index (χ0n) is 11.3. The van der Waals surface area contributed by atoms with E-state index in [9.17, 15) is 0 Å². The maximum absolute atomic E-state index is 6.28. The van der Waals surface area contributed by atoms with Crippen LogP contribution >= 0.6 is 0 Å². The van der Waals surface area contributed by atoms with Crippen LogP contribution in [0.1, 0.15) is 30.6 Å². The summed E-state index contributed by atoms with van der Waals surface area (Å²) in [6.07, 6.45) is 3.50. The van der Waals surface area contributed by atoms with E-state index in [4.69, 9.17) is 10.5 Å². The van der Waals surface area contributed by atoms with Gasteiger partial charge in [0.25, 0.3) is 0 Å². The minimum Gasteiger partial charge on any atom is -0.493 e. The highest BCUT2D eigenvalue weighted by molar-refractivity contribution is 5.36. The summed E-state index contributed by atoms with van der Waals surface area (Å²) in [5.41, 5.74) is 8.32. The maximum Gasteiger partial charge on any atom is 0.124 e. The first-order valence-electron chi connectivity index (χ1n) is 6.68. The molecule has 0 saturated carbocycles. The lowest BCUT2D eigenvalue weighted by atomic mass is 10.0. The van der Waals surface area contributed by atoms with E-state index in [0.717, 1.165) is 23.4 Å². The van der Waals surface area contributed by atoms with Gasteiger partial charge in [0.1, 0.15) is 5.75 Å². The van der Waals surface area contributed by atoms with Crippen molar-refractivity contribution in [3.8, 4) is 5.75 Å². The average molecular weight is 256 g/mol. The highest BCUT2D eigenvalue weighted by Gasteiger charge is 2.12. The minimum atomic E-state index is -0.0945. The summed E-state index contributed by atoms with van der Waals surface area (Å²) in [5, 5.41) is 0. The van der Waals surface area contributed by atoms with Crippen molar-refractivity contribution in [2.45, 2.75) is 25.8 Å². The zero-order chi connectivity index (χ0) is 13.5. The molecule has 0 spiro atoms. The van der Waals surface area contributed by atoms with Gasteiger partial charge in [-0.05, 0) is 24.6 Å². The Morgan fingerprint density at radius 2 is 1.95 bits per heavy atom. The Morgan fingerprint density at radius 3 is 2.68 bits per heavy atom. The highest BCUT2D eigenvalue weighted by atomic mass is 16.5. The zero-order valence-corrected chi connectivity index (χ0v) is 11.3. The van der Waals surface area contributed by atoms with Crippen molar-refractivity contribution in [1.29, 1.82) is 0 Å². The number of nitrogens with two attached hydrogens (primary N) is 1. The molecule has 3 heteroatoms. The fraction of sp³-hybridized carbons (Fsp3) is 0.312. The Balaban J connectivity index is 2.12. The van der Waals surface area contributed by atoms with Crippen LogP contribution in [-0.4, -0.2) is 11.6 Å². The minimum absolute atomic E-state index is 0.0945. The Labute approximate surface area is 114 Å². The highest BCUT2D eigenvalue weighted by Crippen LogP contribution is 2.25. The first-order valence-corrected chi connectivity index (χ1v) is 6.68. The molecule has 1 unspecified atom stereocenters. The second kappa shape index (κ2) is 6.90. The summed E-state index contributed by atoms with van der Waals surface area (Å²) in [7, 11) is 0. The molecule has 1 atom stereocenters. The summed E-state index contributed by atoms with van der Waals surface area (Å²) >= 11 is 0. The normalized spacial score (nSPS) is 12.1. The second-order valence-electron chi connectivity index (χ2n) is 4.52.